The summed E-state index contributed by atoms with van der Waals surface area (Å²) >= 11 is 0. The summed E-state index contributed by atoms with van der Waals surface area (Å²) in [4.78, 5) is 23.9. The van der Waals surface area contributed by atoms with Gasteiger partial charge in [-0.15, -0.1) is 0 Å². The highest BCUT2D eigenvalue weighted by Crippen LogP contribution is 2.25. The number of Topliss-reactive ketones (excluding diaryl/α,β-unsaturated/α-hetero) is 1. The summed E-state index contributed by atoms with van der Waals surface area (Å²) in [6.07, 6.45) is 1.91. The number of benzene rings is 1. The Morgan fingerprint density at radius 1 is 1.29 bits per heavy atom. The van der Waals surface area contributed by atoms with E-state index in [1.807, 2.05) is 6.07 Å². The molecular formula is C16H12N2O3. The fraction of sp³-hybridized carbons (Fsp3) is 0.188. The number of hydrogen-bond donors (Lipinski definition) is 1. The number of ketones is 1. The van der Waals surface area contributed by atoms with Gasteiger partial charge < -0.3 is 9.73 Å². The van der Waals surface area contributed by atoms with Crippen molar-refractivity contribution >= 4 is 17.4 Å². The van der Waals surface area contributed by atoms with Gasteiger partial charge in [-0.05, 0) is 18.6 Å². The first kappa shape index (κ1) is 13.1. The van der Waals surface area contributed by atoms with Gasteiger partial charge in [0.1, 0.15) is 11.8 Å². The van der Waals surface area contributed by atoms with Crippen LogP contribution in [-0.4, -0.2) is 11.7 Å². The fourth-order valence-electron chi connectivity index (χ4n) is 2.38. The van der Waals surface area contributed by atoms with E-state index >= 15 is 0 Å². The summed E-state index contributed by atoms with van der Waals surface area (Å²) in [6.45, 7) is 0. The van der Waals surface area contributed by atoms with Crippen molar-refractivity contribution in [3.8, 4) is 6.07 Å². The Kier molecular flexibility index (Phi) is 3.28. The predicted molar refractivity (Wildman–Crippen MR) is 75.1 cm³/mol. The van der Waals surface area contributed by atoms with Crippen LogP contribution in [0.5, 0.6) is 0 Å². The van der Waals surface area contributed by atoms with Crippen LogP contribution in [0, 0.1) is 11.3 Å². The van der Waals surface area contributed by atoms with Crippen LogP contribution in [0.4, 0.5) is 5.69 Å². The molecule has 5 heteroatoms. The fourth-order valence-corrected chi connectivity index (χ4v) is 2.38. The Hall–Kier alpha value is -2.87. The first-order valence-electron chi connectivity index (χ1n) is 6.65. The number of nitrogens with zero attached hydrogens (tertiary/aromatic N) is 1. The smallest absolute Gasteiger partial charge is 0.291 e. The first-order valence-corrected chi connectivity index (χ1v) is 6.65. The van der Waals surface area contributed by atoms with Crippen LogP contribution >= 0.6 is 0 Å². The Morgan fingerprint density at radius 2 is 2.10 bits per heavy atom. The number of aryl methyl sites for hydroxylation is 1. The molecule has 0 atom stereocenters. The van der Waals surface area contributed by atoms with Crippen LogP contribution in [0.25, 0.3) is 0 Å². The molecule has 0 bridgehead atoms. The molecule has 104 valence electrons. The lowest BCUT2D eigenvalue weighted by Gasteiger charge is -2.06. The zero-order valence-corrected chi connectivity index (χ0v) is 11.2. The Morgan fingerprint density at radius 3 is 2.86 bits per heavy atom. The highest BCUT2D eigenvalue weighted by Gasteiger charge is 2.24. The number of fused-ring (bicyclic) bond motifs is 1. The second-order valence-corrected chi connectivity index (χ2v) is 4.84. The zero-order valence-electron chi connectivity index (χ0n) is 11.2. The molecule has 1 N–H and O–H groups in total. The van der Waals surface area contributed by atoms with E-state index in [1.165, 1.54) is 6.07 Å². The van der Waals surface area contributed by atoms with Gasteiger partial charge in [0.05, 0.1) is 16.8 Å². The summed E-state index contributed by atoms with van der Waals surface area (Å²) in [6, 6.07) is 10.2. The minimum atomic E-state index is -0.458. The van der Waals surface area contributed by atoms with Crippen molar-refractivity contribution in [3.63, 3.8) is 0 Å². The first-order chi connectivity index (χ1) is 10.2. The molecule has 1 amide bonds. The third-order valence-electron chi connectivity index (χ3n) is 3.44. The molecule has 1 aromatic carbocycles. The van der Waals surface area contributed by atoms with Gasteiger partial charge in [-0.25, -0.2) is 0 Å². The van der Waals surface area contributed by atoms with Gasteiger partial charge in [0.25, 0.3) is 5.91 Å². The molecule has 1 aliphatic carbocycles. The number of amides is 1. The van der Waals surface area contributed by atoms with Crippen LogP contribution in [0.2, 0.25) is 0 Å². The maximum absolute atomic E-state index is 12.2. The quantitative estimate of drug-likeness (QED) is 0.916. The highest BCUT2D eigenvalue weighted by molar-refractivity contribution is 6.06. The molecular weight excluding hydrogens is 268 g/mol. The number of carbonyl (C=O) groups is 2. The van der Waals surface area contributed by atoms with Gasteiger partial charge in [0, 0.05) is 18.9 Å². The predicted octanol–water partition coefficient (Wildman–Crippen LogP) is 2.92. The lowest BCUT2D eigenvalue weighted by Crippen LogP contribution is -2.12. The van der Waals surface area contributed by atoms with Gasteiger partial charge in [-0.1, -0.05) is 12.1 Å². The molecule has 0 spiro atoms. The largest absolute Gasteiger partial charge is 0.455 e. The molecule has 3 rings (SSSR count). The van der Waals surface area contributed by atoms with Crippen molar-refractivity contribution in [2.75, 3.05) is 5.32 Å². The van der Waals surface area contributed by atoms with Crippen LogP contribution in [-0.2, 0) is 6.42 Å². The lowest BCUT2D eigenvalue weighted by atomic mass is 9.97. The number of para-hydroxylation sites is 1. The Labute approximate surface area is 121 Å². The average Bonchev–Trinajstić information content (AvgIpc) is 2.93. The van der Waals surface area contributed by atoms with E-state index in [2.05, 4.69) is 5.32 Å². The Balaban J connectivity index is 1.87. The topological polar surface area (TPSA) is 83.1 Å². The number of hydrogen-bond acceptors (Lipinski definition) is 4. The normalized spacial score (nSPS) is 13.4. The van der Waals surface area contributed by atoms with Crippen LogP contribution in [0.1, 0.15) is 45.1 Å². The molecule has 21 heavy (non-hydrogen) atoms. The Bertz CT molecular complexity index is 768. The number of anilines is 1. The number of carbonyl (C=O) groups excluding carboxylic acids is 2. The second kappa shape index (κ2) is 5.25. The number of nitriles is 1. The molecule has 0 fully saturated rings. The molecule has 2 aromatic rings. The molecule has 1 heterocycles. The van der Waals surface area contributed by atoms with Gasteiger partial charge in [-0.2, -0.15) is 5.26 Å². The molecule has 0 unspecified atom stereocenters. The van der Waals surface area contributed by atoms with E-state index in [0.717, 1.165) is 6.42 Å². The third-order valence-corrected chi connectivity index (χ3v) is 3.44. The van der Waals surface area contributed by atoms with Crippen molar-refractivity contribution in [1.82, 2.24) is 0 Å². The summed E-state index contributed by atoms with van der Waals surface area (Å²) in [7, 11) is 0. The minimum absolute atomic E-state index is 0.0106. The summed E-state index contributed by atoms with van der Waals surface area (Å²) < 4.78 is 5.47. The van der Waals surface area contributed by atoms with Gasteiger partial charge in [0.15, 0.2) is 11.5 Å². The number of rotatable bonds is 2. The molecule has 0 saturated carbocycles. The zero-order chi connectivity index (χ0) is 14.8. The molecule has 0 aliphatic heterocycles. The van der Waals surface area contributed by atoms with E-state index in [-0.39, 0.29) is 11.5 Å². The van der Waals surface area contributed by atoms with Crippen LogP contribution in [0.3, 0.4) is 0 Å². The van der Waals surface area contributed by atoms with Gasteiger partial charge in [-0.3, -0.25) is 9.59 Å². The van der Waals surface area contributed by atoms with E-state index in [4.69, 9.17) is 9.68 Å². The van der Waals surface area contributed by atoms with Crippen LogP contribution < -0.4 is 5.32 Å². The average molecular weight is 280 g/mol. The lowest BCUT2D eigenvalue weighted by molar-refractivity contribution is 0.0963. The van der Waals surface area contributed by atoms with Crippen LogP contribution in [0.15, 0.2) is 34.7 Å². The van der Waals surface area contributed by atoms with E-state index in [0.29, 0.717) is 35.4 Å². The summed E-state index contributed by atoms with van der Waals surface area (Å²) in [5, 5.41) is 11.6. The van der Waals surface area contributed by atoms with E-state index in [9.17, 15) is 9.59 Å². The summed E-state index contributed by atoms with van der Waals surface area (Å²) in [5.41, 5.74) is 1.30. The van der Waals surface area contributed by atoms with Crippen molar-refractivity contribution in [3.05, 3.63) is 53.0 Å². The minimum Gasteiger partial charge on any atom is -0.455 e. The molecule has 1 aromatic heterocycles. The maximum atomic E-state index is 12.2. The van der Waals surface area contributed by atoms with Crippen molar-refractivity contribution < 1.29 is 14.0 Å². The highest BCUT2D eigenvalue weighted by atomic mass is 16.4. The molecule has 1 aliphatic rings. The van der Waals surface area contributed by atoms with Crippen molar-refractivity contribution in [1.29, 1.82) is 5.26 Å². The van der Waals surface area contributed by atoms with Crippen molar-refractivity contribution in [2.45, 2.75) is 19.3 Å². The molecule has 0 radical (unpaired) electrons. The standard InChI is InChI=1S/C16H12N2O3/c17-9-10-4-1-2-5-12(10)18-16(20)15-8-11-13(19)6-3-7-14(11)21-15/h1-2,4-5,8H,3,6-7H2,(H,18,20). The van der Waals surface area contributed by atoms with Crippen molar-refractivity contribution in [2.24, 2.45) is 0 Å². The second-order valence-electron chi connectivity index (χ2n) is 4.84. The monoisotopic (exact) mass is 280 g/mol. The molecule has 5 nitrogen and oxygen atoms in total. The molecule has 0 saturated heterocycles. The van der Waals surface area contributed by atoms with Gasteiger partial charge >= 0.3 is 0 Å². The number of nitrogens with one attached hydrogen (secondary N) is 1. The maximum Gasteiger partial charge on any atom is 0.291 e. The number of furan rings is 1. The third kappa shape index (κ3) is 2.43. The van der Waals surface area contributed by atoms with E-state index < -0.39 is 5.91 Å². The summed E-state index contributed by atoms with van der Waals surface area (Å²) in [5.74, 6) is 0.226. The SMILES string of the molecule is N#Cc1ccccc1NC(=O)c1cc2c(o1)CCCC2=O. The van der Waals surface area contributed by atoms with E-state index in [1.54, 1.807) is 24.3 Å². The van der Waals surface area contributed by atoms with Gasteiger partial charge in [0.2, 0.25) is 0 Å².